The molecule has 1 aromatic heterocycles. The molecule has 1 aliphatic carbocycles. The van der Waals surface area contributed by atoms with E-state index < -0.39 is 0 Å². The Labute approximate surface area is 201 Å². The average molecular weight is 461 g/mol. The number of hydrogen-bond donors (Lipinski definition) is 0. The summed E-state index contributed by atoms with van der Waals surface area (Å²) in [5.41, 5.74) is 3.07. The summed E-state index contributed by atoms with van der Waals surface area (Å²) in [6.45, 7) is 7.51. The predicted molar refractivity (Wildman–Crippen MR) is 132 cm³/mol. The molecule has 3 heterocycles. The number of pyridine rings is 1. The molecule has 4 nitrogen and oxygen atoms in total. The lowest BCUT2D eigenvalue weighted by Crippen LogP contribution is -2.74. The van der Waals surface area contributed by atoms with Crippen molar-refractivity contribution in [3.63, 3.8) is 0 Å². The van der Waals surface area contributed by atoms with Crippen LogP contribution in [0.5, 0.6) is 0 Å². The Balaban J connectivity index is 0.00000228. The van der Waals surface area contributed by atoms with Crippen LogP contribution in [0.25, 0.3) is 10.9 Å². The summed E-state index contributed by atoms with van der Waals surface area (Å²) in [4.78, 5) is 20.3. The zero-order valence-electron chi connectivity index (χ0n) is 18.8. The summed E-state index contributed by atoms with van der Waals surface area (Å²) in [7, 11) is 0. The summed E-state index contributed by atoms with van der Waals surface area (Å²) in [5.74, 6) is 0.390. The van der Waals surface area contributed by atoms with Crippen molar-refractivity contribution < 1.29 is 9.53 Å². The Kier molecular flexibility index (Phi) is 5.34. The number of allylic oxidation sites excluding steroid dienone is 1. The normalized spacial score (nSPS) is 30.7. The molecule has 3 aliphatic rings. The molecule has 33 heavy (non-hydrogen) atoms. The van der Waals surface area contributed by atoms with E-state index in [2.05, 4.69) is 35.5 Å². The van der Waals surface area contributed by atoms with E-state index in [9.17, 15) is 4.79 Å². The van der Waals surface area contributed by atoms with Gasteiger partial charge in [0.05, 0.1) is 17.1 Å². The number of nitrogens with zero attached hydrogens (tertiary/aromatic N) is 2. The first-order valence-corrected chi connectivity index (χ1v) is 11.6. The summed E-state index contributed by atoms with van der Waals surface area (Å²) < 4.78 is 6.30. The standard InChI is InChI=1S/C28H28N2O2.ClH/c1-3-27(2)18-28-17-23(30(28)16-14-24(27)28)25(32-26(31)19-9-5-4-6-10-19)21-13-15-29-22-12-8-7-11-20(21)22;/h3-13,15,23-25H,1,14,16-18H2,2H3;1H. The number of esters is 1. The molecule has 0 radical (unpaired) electrons. The Morgan fingerprint density at radius 2 is 1.94 bits per heavy atom. The van der Waals surface area contributed by atoms with E-state index in [1.807, 2.05) is 60.8 Å². The minimum absolute atomic E-state index is 0. The number of aromatic nitrogens is 1. The van der Waals surface area contributed by atoms with E-state index >= 15 is 0 Å². The van der Waals surface area contributed by atoms with Gasteiger partial charge in [-0.25, -0.2) is 4.79 Å². The molecular weight excluding hydrogens is 432 g/mol. The first kappa shape index (κ1) is 22.1. The second kappa shape index (κ2) is 7.96. The van der Waals surface area contributed by atoms with Crippen molar-refractivity contribution in [3.8, 4) is 0 Å². The highest BCUT2D eigenvalue weighted by molar-refractivity contribution is 5.90. The van der Waals surface area contributed by atoms with Crippen molar-refractivity contribution >= 4 is 29.3 Å². The van der Waals surface area contributed by atoms with E-state index in [0.29, 0.717) is 11.5 Å². The molecule has 2 aliphatic heterocycles. The van der Waals surface area contributed by atoms with Crippen LogP contribution in [0.15, 0.2) is 79.5 Å². The highest BCUT2D eigenvalue weighted by Gasteiger charge is 2.72. The maximum absolute atomic E-state index is 13.1. The molecule has 1 spiro atoms. The third kappa shape index (κ3) is 3.15. The minimum Gasteiger partial charge on any atom is -0.452 e. The first-order valence-electron chi connectivity index (χ1n) is 11.6. The molecule has 2 aromatic carbocycles. The molecule has 5 heteroatoms. The molecule has 0 N–H and O–H groups in total. The third-order valence-corrected chi connectivity index (χ3v) is 8.37. The topological polar surface area (TPSA) is 42.4 Å². The van der Waals surface area contributed by atoms with Crippen LogP contribution in [-0.4, -0.2) is 34.0 Å². The van der Waals surface area contributed by atoms with Gasteiger partial charge in [0.25, 0.3) is 0 Å². The van der Waals surface area contributed by atoms with Crippen molar-refractivity contribution in [3.05, 3.63) is 90.6 Å². The van der Waals surface area contributed by atoms with Gasteiger partial charge in [0.2, 0.25) is 0 Å². The molecular formula is C28H29ClN2O2. The van der Waals surface area contributed by atoms with Gasteiger partial charge in [-0.2, -0.15) is 0 Å². The monoisotopic (exact) mass is 460 g/mol. The summed E-state index contributed by atoms with van der Waals surface area (Å²) in [5, 5.41) is 1.06. The van der Waals surface area contributed by atoms with E-state index in [4.69, 9.17) is 4.74 Å². The van der Waals surface area contributed by atoms with Crippen LogP contribution in [-0.2, 0) is 4.74 Å². The predicted octanol–water partition coefficient (Wildman–Crippen LogP) is 5.98. The van der Waals surface area contributed by atoms with E-state index in [0.717, 1.165) is 35.9 Å². The second-order valence-electron chi connectivity index (χ2n) is 9.91. The minimum atomic E-state index is -0.324. The molecule has 0 bridgehead atoms. The molecule has 3 aromatic rings. The van der Waals surface area contributed by atoms with Crippen LogP contribution in [0.2, 0.25) is 0 Å². The Morgan fingerprint density at radius 3 is 2.73 bits per heavy atom. The SMILES string of the molecule is C=CC1(C)CC23CC(C(OC(=O)c4ccccc4)c4ccnc5ccccc45)N2CCC13.Cl. The zero-order chi connectivity index (χ0) is 21.9. The average Bonchev–Trinajstić information content (AvgIpc) is 3.06. The first-order chi connectivity index (χ1) is 15.6. The number of hydrogen-bond acceptors (Lipinski definition) is 4. The van der Waals surface area contributed by atoms with Crippen LogP contribution in [0.4, 0.5) is 0 Å². The highest BCUT2D eigenvalue weighted by atomic mass is 35.5. The van der Waals surface area contributed by atoms with Gasteiger partial charge in [0, 0.05) is 22.7 Å². The lowest BCUT2D eigenvalue weighted by Gasteiger charge is -2.69. The number of fused-ring (bicyclic) bond motifs is 1. The van der Waals surface area contributed by atoms with Gasteiger partial charge in [-0.3, -0.25) is 9.88 Å². The van der Waals surface area contributed by atoms with Gasteiger partial charge in [0.1, 0.15) is 6.10 Å². The van der Waals surface area contributed by atoms with Gasteiger partial charge in [-0.15, -0.1) is 19.0 Å². The number of ether oxygens (including phenoxy) is 1. The Bertz CT molecular complexity index is 1210. The number of carbonyl (C=O) groups excluding carboxylic acids is 1. The van der Waals surface area contributed by atoms with Crippen LogP contribution in [0.1, 0.15) is 48.2 Å². The fourth-order valence-electron chi connectivity index (χ4n) is 6.93. The summed E-state index contributed by atoms with van der Waals surface area (Å²) in [6, 6.07) is 19.6. The van der Waals surface area contributed by atoms with E-state index in [1.165, 1.54) is 6.42 Å². The smallest absolute Gasteiger partial charge is 0.338 e. The van der Waals surface area contributed by atoms with Crippen molar-refractivity contribution in [1.82, 2.24) is 9.88 Å². The van der Waals surface area contributed by atoms with Crippen LogP contribution >= 0.6 is 12.4 Å². The molecule has 6 rings (SSSR count). The van der Waals surface area contributed by atoms with E-state index in [1.54, 1.807) is 0 Å². The molecule has 0 amide bonds. The zero-order valence-corrected chi connectivity index (χ0v) is 19.6. The molecule has 5 unspecified atom stereocenters. The van der Waals surface area contributed by atoms with Crippen molar-refractivity contribution in [2.24, 2.45) is 11.3 Å². The van der Waals surface area contributed by atoms with Gasteiger partial charge >= 0.3 is 5.97 Å². The molecule has 5 atom stereocenters. The number of halogens is 1. The fraction of sp³-hybridized carbons (Fsp3) is 0.357. The maximum Gasteiger partial charge on any atom is 0.338 e. The van der Waals surface area contributed by atoms with Gasteiger partial charge < -0.3 is 4.74 Å². The van der Waals surface area contributed by atoms with Crippen LogP contribution in [0.3, 0.4) is 0 Å². The number of para-hydroxylation sites is 1. The summed E-state index contributed by atoms with van der Waals surface area (Å²) >= 11 is 0. The van der Waals surface area contributed by atoms with Gasteiger partial charge in [-0.1, -0.05) is 49.4 Å². The molecule has 3 fully saturated rings. The van der Waals surface area contributed by atoms with Crippen LogP contribution < -0.4 is 0 Å². The number of rotatable bonds is 5. The highest BCUT2D eigenvalue weighted by Crippen LogP contribution is 2.69. The lowest BCUT2D eigenvalue weighted by molar-refractivity contribution is -0.193. The number of carbonyl (C=O) groups is 1. The number of benzene rings is 2. The largest absolute Gasteiger partial charge is 0.452 e. The quantitative estimate of drug-likeness (QED) is 0.346. The van der Waals surface area contributed by atoms with Crippen LogP contribution in [0, 0.1) is 11.3 Å². The maximum atomic E-state index is 13.1. The summed E-state index contributed by atoms with van der Waals surface area (Å²) in [6.07, 6.45) is 7.07. The Hall–Kier alpha value is -2.69. The van der Waals surface area contributed by atoms with Crippen molar-refractivity contribution in [2.45, 2.75) is 43.9 Å². The van der Waals surface area contributed by atoms with Gasteiger partial charge in [-0.05, 0) is 61.4 Å². The molecule has 1 saturated carbocycles. The molecule has 170 valence electrons. The Morgan fingerprint density at radius 1 is 1.18 bits per heavy atom. The lowest BCUT2D eigenvalue weighted by atomic mass is 9.46. The van der Waals surface area contributed by atoms with Crippen molar-refractivity contribution in [2.75, 3.05) is 6.54 Å². The van der Waals surface area contributed by atoms with E-state index in [-0.39, 0.29) is 41.5 Å². The second-order valence-corrected chi connectivity index (χ2v) is 9.91. The molecule has 2 saturated heterocycles. The van der Waals surface area contributed by atoms with Gasteiger partial charge in [0.15, 0.2) is 0 Å². The fourth-order valence-corrected chi connectivity index (χ4v) is 6.93. The van der Waals surface area contributed by atoms with Crippen molar-refractivity contribution in [1.29, 1.82) is 0 Å². The third-order valence-electron chi connectivity index (χ3n) is 8.37.